The van der Waals surface area contributed by atoms with Gasteiger partial charge in [-0.25, -0.2) is 0 Å². The van der Waals surface area contributed by atoms with E-state index in [0.29, 0.717) is 34.4 Å². The first-order valence-electron chi connectivity index (χ1n) is 10.9. The lowest BCUT2D eigenvalue weighted by atomic mass is 9.99. The molecule has 3 rings (SSSR count). The first-order valence-corrected chi connectivity index (χ1v) is 10.9. The Morgan fingerprint density at radius 3 is 2.29 bits per heavy atom. The minimum absolute atomic E-state index is 0.00559. The van der Waals surface area contributed by atoms with E-state index in [9.17, 15) is 22.8 Å². The monoisotopic (exact) mass is 487 g/mol. The summed E-state index contributed by atoms with van der Waals surface area (Å²) in [6, 6.07) is 19.4. The van der Waals surface area contributed by atoms with Crippen molar-refractivity contribution in [3.05, 3.63) is 83.9 Å². The highest BCUT2D eigenvalue weighted by molar-refractivity contribution is 5.94. The number of alkyl halides is 3. The number of carbonyl (C=O) groups is 2. The van der Waals surface area contributed by atoms with Gasteiger partial charge in [0.2, 0.25) is 0 Å². The SMILES string of the molecule is CCC(Oc1ccc(C(=O)NCCC(=O)O)cc1)c1ccc(-c2ccccc2)c(OC(F)(F)F)c1. The minimum atomic E-state index is -4.86. The lowest BCUT2D eigenvalue weighted by Gasteiger charge is -2.21. The molecule has 0 spiro atoms. The van der Waals surface area contributed by atoms with Crippen molar-refractivity contribution in [2.75, 3.05) is 6.54 Å². The molecule has 0 saturated heterocycles. The normalized spacial score (nSPS) is 12.0. The highest BCUT2D eigenvalue weighted by Crippen LogP contribution is 2.37. The molecule has 184 valence electrons. The van der Waals surface area contributed by atoms with E-state index in [1.807, 2.05) is 6.92 Å². The minimum Gasteiger partial charge on any atom is -0.486 e. The predicted octanol–water partition coefficient (Wildman–Crippen LogP) is 5.99. The van der Waals surface area contributed by atoms with Crippen molar-refractivity contribution in [2.24, 2.45) is 0 Å². The summed E-state index contributed by atoms with van der Waals surface area (Å²) < 4.78 is 49.6. The van der Waals surface area contributed by atoms with Crippen LogP contribution in [0.25, 0.3) is 11.1 Å². The summed E-state index contributed by atoms with van der Waals surface area (Å²) in [6.45, 7) is 1.84. The molecule has 3 aromatic carbocycles. The topological polar surface area (TPSA) is 84.9 Å². The number of hydrogen-bond donors (Lipinski definition) is 2. The van der Waals surface area contributed by atoms with Gasteiger partial charge in [0.25, 0.3) is 5.91 Å². The number of benzene rings is 3. The molecule has 9 heteroatoms. The number of aliphatic carboxylic acids is 1. The second-order valence-corrected chi connectivity index (χ2v) is 7.61. The Balaban J connectivity index is 1.78. The molecule has 1 atom stereocenters. The van der Waals surface area contributed by atoms with Crippen LogP contribution in [-0.4, -0.2) is 29.9 Å². The molecule has 0 aromatic heterocycles. The molecule has 0 saturated carbocycles. The highest BCUT2D eigenvalue weighted by Gasteiger charge is 2.32. The second-order valence-electron chi connectivity index (χ2n) is 7.61. The average molecular weight is 487 g/mol. The van der Waals surface area contributed by atoms with Crippen molar-refractivity contribution >= 4 is 11.9 Å². The highest BCUT2D eigenvalue weighted by atomic mass is 19.4. The van der Waals surface area contributed by atoms with E-state index >= 15 is 0 Å². The van der Waals surface area contributed by atoms with Gasteiger partial charge in [-0.3, -0.25) is 9.59 Å². The van der Waals surface area contributed by atoms with Gasteiger partial charge in [0, 0.05) is 17.7 Å². The molecule has 0 aliphatic heterocycles. The van der Waals surface area contributed by atoms with Crippen LogP contribution in [0.1, 0.15) is 41.8 Å². The summed E-state index contributed by atoms with van der Waals surface area (Å²) in [5.74, 6) is -1.34. The van der Waals surface area contributed by atoms with Gasteiger partial charge in [0.05, 0.1) is 6.42 Å². The summed E-state index contributed by atoms with van der Waals surface area (Å²) in [5, 5.41) is 11.2. The lowest BCUT2D eigenvalue weighted by Crippen LogP contribution is -2.25. The quantitative estimate of drug-likeness (QED) is 0.367. The Bertz CT molecular complexity index is 1150. The Kier molecular flexibility index (Phi) is 8.35. The zero-order chi connectivity index (χ0) is 25.4. The standard InChI is InChI=1S/C26H24F3NO5/c1-2-22(34-20-11-8-18(9-12-20)25(33)30-15-14-24(31)32)19-10-13-21(17-6-4-3-5-7-17)23(16-19)35-26(27,28)29/h3-13,16,22H,2,14-15H2,1H3,(H,30,33)(H,31,32). The molecular weight excluding hydrogens is 463 g/mol. The van der Waals surface area contributed by atoms with E-state index in [1.165, 1.54) is 18.2 Å². The van der Waals surface area contributed by atoms with Gasteiger partial charge < -0.3 is 19.9 Å². The van der Waals surface area contributed by atoms with Crippen LogP contribution in [0.15, 0.2) is 72.8 Å². The van der Waals surface area contributed by atoms with Crippen LogP contribution in [0.2, 0.25) is 0 Å². The molecule has 0 aliphatic carbocycles. The van der Waals surface area contributed by atoms with Crippen molar-refractivity contribution in [2.45, 2.75) is 32.2 Å². The molecule has 0 aliphatic rings. The van der Waals surface area contributed by atoms with E-state index in [2.05, 4.69) is 10.1 Å². The number of hydrogen-bond acceptors (Lipinski definition) is 4. The first-order chi connectivity index (χ1) is 16.7. The Morgan fingerprint density at radius 1 is 1.00 bits per heavy atom. The van der Waals surface area contributed by atoms with Crippen molar-refractivity contribution < 1.29 is 37.3 Å². The fraction of sp³-hybridized carbons (Fsp3) is 0.231. The molecule has 1 amide bonds. The molecular formula is C26H24F3NO5. The van der Waals surface area contributed by atoms with E-state index in [-0.39, 0.29) is 18.7 Å². The van der Waals surface area contributed by atoms with Gasteiger partial charge in [0.1, 0.15) is 17.6 Å². The smallest absolute Gasteiger partial charge is 0.486 e. The summed E-state index contributed by atoms with van der Waals surface area (Å²) in [6.07, 6.45) is -5.14. The number of carboxylic acid groups (broad SMARTS) is 1. The third-order valence-corrected chi connectivity index (χ3v) is 5.08. The van der Waals surface area contributed by atoms with Gasteiger partial charge >= 0.3 is 12.3 Å². The number of carboxylic acids is 1. The molecule has 6 nitrogen and oxygen atoms in total. The maximum atomic E-state index is 13.1. The summed E-state index contributed by atoms with van der Waals surface area (Å²) in [7, 11) is 0. The Labute approximate surface area is 200 Å². The maximum Gasteiger partial charge on any atom is 0.573 e. The fourth-order valence-electron chi connectivity index (χ4n) is 3.43. The van der Waals surface area contributed by atoms with Crippen LogP contribution in [0.3, 0.4) is 0 Å². The molecule has 2 N–H and O–H groups in total. The third-order valence-electron chi connectivity index (χ3n) is 5.08. The molecule has 1 unspecified atom stereocenters. The van der Waals surface area contributed by atoms with Crippen LogP contribution in [-0.2, 0) is 4.79 Å². The van der Waals surface area contributed by atoms with Gasteiger partial charge in [-0.1, -0.05) is 49.4 Å². The molecule has 3 aromatic rings. The van der Waals surface area contributed by atoms with Crippen LogP contribution < -0.4 is 14.8 Å². The second kappa shape index (κ2) is 11.4. The zero-order valence-corrected chi connectivity index (χ0v) is 18.8. The van der Waals surface area contributed by atoms with E-state index in [4.69, 9.17) is 9.84 Å². The van der Waals surface area contributed by atoms with Crippen molar-refractivity contribution in [1.82, 2.24) is 5.32 Å². The van der Waals surface area contributed by atoms with E-state index in [1.54, 1.807) is 54.6 Å². The summed E-state index contributed by atoms with van der Waals surface area (Å²) >= 11 is 0. The number of rotatable bonds is 10. The number of amides is 1. The van der Waals surface area contributed by atoms with Gasteiger partial charge in [-0.05, 0) is 47.9 Å². The maximum absolute atomic E-state index is 13.1. The number of nitrogens with one attached hydrogen (secondary N) is 1. The van der Waals surface area contributed by atoms with Crippen LogP contribution in [0.4, 0.5) is 13.2 Å². The molecule has 35 heavy (non-hydrogen) atoms. The predicted molar refractivity (Wildman–Crippen MR) is 123 cm³/mol. The number of halogens is 3. The molecule has 0 radical (unpaired) electrons. The number of carbonyl (C=O) groups excluding carboxylic acids is 1. The largest absolute Gasteiger partial charge is 0.573 e. The van der Waals surface area contributed by atoms with Gasteiger partial charge in [-0.15, -0.1) is 13.2 Å². The zero-order valence-electron chi connectivity index (χ0n) is 18.8. The van der Waals surface area contributed by atoms with Crippen molar-refractivity contribution in [1.29, 1.82) is 0 Å². The lowest BCUT2D eigenvalue weighted by molar-refractivity contribution is -0.274. The van der Waals surface area contributed by atoms with Crippen molar-refractivity contribution in [3.63, 3.8) is 0 Å². The van der Waals surface area contributed by atoms with E-state index in [0.717, 1.165) is 0 Å². The van der Waals surface area contributed by atoms with Gasteiger partial charge in [-0.2, -0.15) is 0 Å². The van der Waals surface area contributed by atoms with E-state index < -0.39 is 24.3 Å². The van der Waals surface area contributed by atoms with Gasteiger partial charge in [0.15, 0.2) is 0 Å². The van der Waals surface area contributed by atoms with Crippen LogP contribution in [0, 0.1) is 0 Å². The average Bonchev–Trinajstić information content (AvgIpc) is 2.82. The summed E-state index contributed by atoms with van der Waals surface area (Å²) in [4.78, 5) is 22.6. The Morgan fingerprint density at radius 2 is 1.69 bits per heavy atom. The molecule has 0 bridgehead atoms. The first kappa shape index (κ1) is 25.6. The van der Waals surface area contributed by atoms with Crippen LogP contribution in [0.5, 0.6) is 11.5 Å². The third kappa shape index (κ3) is 7.49. The van der Waals surface area contributed by atoms with Crippen LogP contribution >= 0.6 is 0 Å². The Hall–Kier alpha value is -4.01. The number of ether oxygens (including phenoxy) is 2. The van der Waals surface area contributed by atoms with Crippen molar-refractivity contribution in [3.8, 4) is 22.6 Å². The molecule has 0 heterocycles. The summed E-state index contributed by atoms with van der Waals surface area (Å²) in [5.41, 5.74) is 1.72. The molecule has 0 fully saturated rings. The fourth-order valence-corrected chi connectivity index (χ4v) is 3.43.